The van der Waals surface area contributed by atoms with Gasteiger partial charge in [-0.05, 0) is 24.8 Å². The molecule has 0 nitrogen and oxygen atoms in total. The lowest BCUT2D eigenvalue weighted by Crippen LogP contribution is -2.34. The van der Waals surface area contributed by atoms with Gasteiger partial charge in [0.25, 0.3) is 0 Å². The van der Waals surface area contributed by atoms with Gasteiger partial charge in [0.15, 0.2) is 0 Å². The molecule has 2 heteroatoms. The molecule has 0 bridgehead atoms. The monoisotopic (exact) mass is 266 g/mol. The summed E-state index contributed by atoms with van der Waals surface area (Å²) in [5, 5.41) is 0. The molecule has 0 N–H and O–H groups in total. The van der Waals surface area contributed by atoms with Gasteiger partial charge >= 0.3 is 0 Å². The van der Waals surface area contributed by atoms with E-state index >= 15 is 0 Å². The van der Waals surface area contributed by atoms with Crippen molar-refractivity contribution in [2.24, 2.45) is 5.41 Å². The molecular formula is C15H22S2. The lowest BCUT2D eigenvalue weighted by Gasteiger charge is -2.38. The Morgan fingerprint density at radius 1 is 1.06 bits per heavy atom. The lowest BCUT2D eigenvalue weighted by atomic mass is 9.83. The first kappa shape index (κ1) is 14.7. The van der Waals surface area contributed by atoms with Gasteiger partial charge in [-0.1, -0.05) is 63.3 Å². The minimum Gasteiger partial charge on any atom is -0.112 e. The van der Waals surface area contributed by atoms with E-state index in [1.165, 1.54) is 5.56 Å². The first-order chi connectivity index (χ1) is 7.72. The average Bonchev–Trinajstić information content (AvgIpc) is 2.16. The molecule has 0 aliphatic rings. The molecule has 0 aliphatic heterocycles. The van der Waals surface area contributed by atoms with Crippen molar-refractivity contribution in [3.63, 3.8) is 0 Å². The van der Waals surface area contributed by atoms with Crippen LogP contribution in [0.25, 0.3) is 0 Å². The fraction of sp³-hybridized carbons (Fsp3) is 0.533. The third-order valence-corrected chi connectivity index (χ3v) is 5.26. The summed E-state index contributed by atoms with van der Waals surface area (Å²) in [6.45, 7) is 11.4. The predicted molar refractivity (Wildman–Crippen MR) is 83.9 cm³/mol. The Bertz CT molecular complexity index is 372. The van der Waals surface area contributed by atoms with E-state index in [1.807, 2.05) is 17.8 Å². The number of rotatable bonds is 3. The minimum absolute atomic E-state index is 0.166. The van der Waals surface area contributed by atoms with E-state index < -0.39 is 0 Å². The molecule has 94 valence electrons. The molecule has 17 heavy (non-hydrogen) atoms. The molecule has 0 atom stereocenters. The highest BCUT2D eigenvalue weighted by Crippen LogP contribution is 2.42. The fourth-order valence-electron chi connectivity index (χ4n) is 1.24. The van der Waals surface area contributed by atoms with Crippen molar-refractivity contribution in [2.75, 3.05) is 0 Å². The van der Waals surface area contributed by atoms with Crippen LogP contribution in [0.15, 0.2) is 30.3 Å². The second-order valence-electron chi connectivity index (χ2n) is 5.90. The summed E-state index contributed by atoms with van der Waals surface area (Å²) >= 11 is 7.35. The highest BCUT2D eigenvalue weighted by molar-refractivity contribution is 8.24. The molecule has 0 heterocycles. The molecular weight excluding hydrogens is 244 g/mol. The van der Waals surface area contributed by atoms with Crippen LogP contribution in [0, 0.1) is 5.41 Å². The van der Waals surface area contributed by atoms with Gasteiger partial charge in [-0.15, -0.1) is 11.8 Å². The predicted octanol–water partition coefficient (Wildman–Crippen LogP) is 5.11. The highest BCUT2D eigenvalue weighted by Gasteiger charge is 2.34. The van der Waals surface area contributed by atoms with E-state index in [2.05, 4.69) is 58.9 Å². The standard InChI is InChI=1S/C15H22S2/c1-14(2,3)15(4,5)17-13(16)11-12-9-7-6-8-10-12/h6-10H,11H2,1-5H3. The Morgan fingerprint density at radius 2 is 1.59 bits per heavy atom. The van der Waals surface area contributed by atoms with E-state index in [0.717, 1.165) is 10.6 Å². The van der Waals surface area contributed by atoms with E-state index in [1.54, 1.807) is 0 Å². The zero-order valence-corrected chi connectivity index (χ0v) is 13.0. The molecule has 1 rings (SSSR count). The summed E-state index contributed by atoms with van der Waals surface area (Å²) in [6.07, 6.45) is 0.889. The molecule has 0 saturated carbocycles. The first-order valence-electron chi connectivity index (χ1n) is 5.98. The third-order valence-electron chi connectivity index (χ3n) is 3.37. The SMILES string of the molecule is CC(C)(C)C(C)(C)SC(=S)Cc1ccccc1. The van der Waals surface area contributed by atoms with Crippen molar-refractivity contribution < 1.29 is 0 Å². The Morgan fingerprint density at radius 3 is 2.06 bits per heavy atom. The number of hydrogen-bond donors (Lipinski definition) is 0. The molecule has 0 fully saturated rings. The van der Waals surface area contributed by atoms with Crippen LogP contribution in [-0.2, 0) is 6.42 Å². The molecule has 1 aromatic rings. The van der Waals surface area contributed by atoms with Gasteiger partial charge in [0.1, 0.15) is 0 Å². The van der Waals surface area contributed by atoms with Crippen molar-refractivity contribution in [3.8, 4) is 0 Å². The fourth-order valence-corrected chi connectivity index (χ4v) is 3.14. The number of benzene rings is 1. The first-order valence-corrected chi connectivity index (χ1v) is 7.20. The van der Waals surface area contributed by atoms with Crippen molar-refractivity contribution in [1.29, 1.82) is 0 Å². The van der Waals surface area contributed by atoms with Crippen LogP contribution in [0.1, 0.15) is 40.2 Å². The maximum Gasteiger partial charge on any atom is 0.0527 e. The summed E-state index contributed by atoms with van der Waals surface area (Å²) in [5.41, 5.74) is 1.55. The normalized spacial score (nSPS) is 12.5. The molecule has 1 aromatic carbocycles. The largest absolute Gasteiger partial charge is 0.112 e. The zero-order valence-electron chi connectivity index (χ0n) is 11.4. The number of thioether (sulfide) groups is 1. The van der Waals surface area contributed by atoms with Crippen LogP contribution in [0.3, 0.4) is 0 Å². The number of thiocarbonyl (C=S) groups is 1. The summed E-state index contributed by atoms with van der Waals surface area (Å²) in [7, 11) is 0. The second kappa shape index (κ2) is 5.53. The summed E-state index contributed by atoms with van der Waals surface area (Å²) in [6, 6.07) is 10.4. The quantitative estimate of drug-likeness (QED) is 0.697. The van der Waals surface area contributed by atoms with Crippen LogP contribution in [0.2, 0.25) is 0 Å². The third kappa shape index (κ3) is 4.44. The second-order valence-corrected chi connectivity index (χ2v) is 8.37. The van der Waals surface area contributed by atoms with E-state index in [0.29, 0.717) is 0 Å². The van der Waals surface area contributed by atoms with E-state index in [-0.39, 0.29) is 10.2 Å². The van der Waals surface area contributed by atoms with Gasteiger partial charge in [0.2, 0.25) is 0 Å². The van der Waals surface area contributed by atoms with Crippen LogP contribution < -0.4 is 0 Å². The molecule has 0 spiro atoms. The zero-order chi connectivity index (χ0) is 13.1. The summed E-state index contributed by atoms with van der Waals surface area (Å²) in [4.78, 5) is 0. The minimum atomic E-state index is 0.166. The van der Waals surface area contributed by atoms with Crippen LogP contribution in [0.5, 0.6) is 0 Å². The summed E-state index contributed by atoms with van der Waals surface area (Å²) in [5.74, 6) is 0. The Balaban J connectivity index is 2.62. The van der Waals surface area contributed by atoms with Gasteiger partial charge in [-0.3, -0.25) is 0 Å². The van der Waals surface area contributed by atoms with Gasteiger partial charge in [0, 0.05) is 11.2 Å². The van der Waals surface area contributed by atoms with Crippen molar-refractivity contribution in [3.05, 3.63) is 35.9 Å². The molecule has 0 amide bonds. The van der Waals surface area contributed by atoms with Gasteiger partial charge in [0.05, 0.1) is 4.20 Å². The Labute approximate surface area is 115 Å². The van der Waals surface area contributed by atoms with Gasteiger partial charge in [-0.25, -0.2) is 0 Å². The molecule has 0 radical (unpaired) electrons. The van der Waals surface area contributed by atoms with Gasteiger partial charge in [-0.2, -0.15) is 0 Å². The Hall–Kier alpha value is -0.340. The molecule has 0 aromatic heterocycles. The van der Waals surface area contributed by atoms with Gasteiger partial charge < -0.3 is 0 Å². The number of hydrogen-bond acceptors (Lipinski definition) is 2. The smallest absolute Gasteiger partial charge is 0.0527 e. The average molecular weight is 266 g/mol. The maximum absolute atomic E-state index is 5.52. The van der Waals surface area contributed by atoms with Crippen LogP contribution >= 0.6 is 24.0 Å². The van der Waals surface area contributed by atoms with E-state index in [4.69, 9.17) is 12.2 Å². The highest BCUT2D eigenvalue weighted by atomic mass is 32.2. The van der Waals surface area contributed by atoms with Crippen molar-refractivity contribution in [2.45, 2.75) is 45.8 Å². The maximum atomic E-state index is 5.52. The van der Waals surface area contributed by atoms with Crippen molar-refractivity contribution >= 4 is 28.2 Å². The topological polar surface area (TPSA) is 0 Å². The molecule has 0 aliphatic carbocycles. The van der Waals surface area contributed by atoms with Crippen molar-refractivity contribution in [1.82, 2.24) is 0 Å². The molecule has 0 unspecified atom stereocenters. The Kier molecular flexibility index (Phi) is 4.79. The van der Waals surface area contributed by atoms with Crippen LogP contribution in [-0.4, -0.2) is 8.94 Å². The molecule has 0 saturated heterocycles. The van der Waals surface area contributed by atoms with E-state index in [9.17, 15) is 0 Å². The lowest BCUT2D eigenvalue weighted by molar-refractivity contribution is 0.321. The summed E-state index contributed by atoms with van der Waals surface area (Å²) < 4.78 is 1.25. The van der Waals surface area contributed by atoms with Crippen LogP contribution in [0.4, 0.5) is 0 Å².